The average Bonchev–Trinajstić information content (AvgIpc) is 2.92. The summed E-state index contributed by atoms with van der Waals surface area (Å²) in [5, 5.41) is 8.42. The first-order valence-electron chi connectivity index (χ1n) is 7.24. The van der Waals surface area contributed by atoms with Crippen LogP contribution in [0.1, 0.15) is 52.1 Å². The summed E-state index contributed by atoms with van der Waals surface area (Å²) in [4.78, 5) is 4.09. The molecule has 0 bridgehead atoms. The fourth-order valence-corrected chi connectivity index (χ4v) is 2.15. The van der Waals surface area contributed by atoms with Crippen molar-refractivity contribution in [3.05, 3.63) is 31.2 Å². The zero-order valence-electron chi connectivity index (χ0n) is 13.1. The minimum Gasteiger partial charge on any atom is -0.269 e. The molecule has 0 N–H and O–H groups in total. The Kier molecular flexibility index (Phi) is 6.36. The molecular formula is C16H26N4. The first kappa shape index (κ1) is 16.3. The molecule has 0 radical (unpaired) electrons. The Balaban J connectivity index is 2.66. The predicted octanol–water partition coefficient (Wildman–Crippen LogP) is 4.14. The summed E-state index contributed by atoms with van der Waals surface area (Å²) in [5.74, 6) is 1.32. The maximum Gasteiger partial charge on any atom is 0.0862 e. The number of hydrogen-bond acceptors (Lipinski definition) is 3. The number of rotatable bonds is 8. The molecular weight excluding hydrogens is 248 g/mol. The Labute approximate surface area is 122 Å². The molecule has 1 aromatic heterocycles. The molecule has 1 rings (SSSR count). The lowest BCUT2D eigenvalue weighted by Gasteiger charge is -2.19. The van der Waals surface area contributed by atoms with E-state index in [4.69, 9.17) is 0 Å². The van der Waals surface area contributed by atoms with Crippen molar-refractivity contribution in [3.63, 3.8) is 0 Å². The van der Waals surface area contributed by atoms with Gasteiger partial charge in [0.25, 0.3) is 0 Å². The Hall–Kier alpha value is -1.71. The second kappa shape index (κ2) is 7.78. The van der Waals surface area contributed by atoms with E-state index in [9.17, 15) is 0 Å². The lowest BCUT2D eigenvalue weighted by atomic mass is 9.86. The summed E-state index contributed by atoms with van der Waals surface area (Å²) in [5.41, 5.74) is 2.00. The fraction of sp³-hybridized carbons (Fsp3) is 0.562. The number of hydrogen-bond donors (Lipinski definition) is 0. The Morgan fingerprint density at radius 1 is 1.45 bits per heavy atom. The van der Waals surface area contributed by atoms with E-state index in [0.29, 0.717) is 17.8 Å². The molecule has 0 amide bonds. The predicted molar refractivity (Wildman–Crippen MR) is 85.7 cm³/mol. The molecule has 110 valence electrons. The van der Waals surface area contributed by atoms with Gasteiger partial charge in [-0.15, -0.1) is 5.10 Å². The largest absolute Gasteiger partial charge is 0.269 e. The molecule has 20 heavy (non-hydrogen) atoms. The Morgan fingerprint density at radius 2 is 2.15 bits per heavy atom. The monoisotopic (exact) mass is 274 g/mol. The highest BCUT2D eigenvalue weighted by Gasteiger charge is 2.19. The smallest absolute Gasteiger partial charge is 0.0862 e. The van der Waals surface area contributed by atoms with E-state index in [2.05, 4.69) is 56.2 Å². The standard InChI is InChI=1S/C16H26N4/c1-7-14(5)20-11-16(18-19-20)15(6)13(4)9-12(3)10-17-8-2/h8,10-13,15H,2,5,7,9H2,1,3-4,6H3. The lowest BCUT2D eigenvalue weighted by molar-refractivity contribution is 0.415. The summed E-state index contributed by atoms with van der Waals surface area (Å²) in [6.07, 6.45) is 7.47. The zero-order valence-corrected chi connectivity index (χ0v) is 13.1. The van der Waals surface area contributed by atoms with Gasteiger partial charge in [-0.05, 0) is 24.7 Å². The quantitative estimate of drug-likeness (QED) is 0.669. The van der Waals surface area contributed by atoms with Crippen molar-refractivity contribution in [2.24, 2.45) is 16.8 Å². The SMILES string of the molecule is C=CN=CC(C)CC(C)C(C)c1cn(C(=C)CC)nn1. The Morgan fingerprint density at radius 3 is 2.75 bits per heavy atom. The van der Waals surface area contributed by atoms with Crippen LogP contribution in [-0.2, 0) is 0 Å². The molecule has 0 aliphatic rings. The minimum atomic E-state index is 0.369. The summed E-state index contributed by atoms with van der Waals surface area (Å²) in [6.45, 7) is 16.3. The normalized spacial score (nSPS) is 16.0. The van der Waals surface area contributed by atoms with Crippen LogP contribution < -0.4 is 0 Å². The van der Waals surface area contributed by atoms with E-state index < -0.39 is 0 Å². The third-order valence-corrected chi connectivity index (χ3v) is 3.75. The van der Waals surface area contributed by atoms with Gasteiger partial charge in [-0.3, -0.25) is 4.99 Å². The van der Waals surface area contributed by atoms with Gasteiger partial charge in [-0.1, -0.05) is 46.1 Å². The van der Waals surface area contributed by atoms with Crippen LogP contribution >= 0.6 is 0 Å². The second-order valence-corrected chi connectivity index (χ2v) is 5.47. The van der Waals surface area contributed by atoms with E-state index in [0.717, 1.165) is 24.2 Å². The van der Waals surface area contributed by atoms with E-state index in [1.54, 1.807) is 10.9 Å². The van der Waals surface area contributed by atoms with Gasteiger partial charge in [-0.2, -0.15) is 0 Å². The van der Waals surface area contributed by atoms with Gasteiger partial charge in [0, 0.05) is 24.0 Å². The van der Waals surface area contributed by atoms with Crippen LogP contribution in [0.2, 0.25) is 0 Å². The maximum atomic E-state index is 4.28. The number of nitrogens with zero attached hydrogens (tertiary/aromatic N) is 4. The van der Waals surface area contributed by atoms with Gasteiger partial charge in [0.1, 0.15) is 0 Å². The fourth-order valence-electron chi connectivity index (χ4n) is 2.15. The van der Waals surface area contributed by atoms with Crippen molar-refractivity contribution >= 4 is 11.9 Å². The first-order chi connectivity index (χ1) is 9.49. The minimum absolute atomic E-state index is 0.369. The highest BCUT2D eigenvalue weighted by atomic mass is 15.4. The summed E-state index contributed by atoms with van der Waals surface area (Å²) in [7, 11) is 0. The summed E-state index contributed by atoms with van der Waals surface area (Å²) in [6, 6.07) is 0. The zero-order chi connectivity index (χ0) is 15.1. The van der Waals surface area contributed by atoms with Crippen LogP contribution in [0.4, 0.5) is 0 Å². The highest BCUT2D eigenvalue weighted by molar-refractivity contribution is 5.60. The molecule has 1 heterocycles. The van der Waals surface area contributed by atoms with Crippen LogP contribution in [0.25, 0.3) is 5.70 Å². The number of allylic oxidation sites excluding steroid dienone is 1. The second-order valence-electron chi connectivity index (χ2n) is 5.47. The van der Waals surface area contributed by atoms with Crippen molar-refractivity contribution < 1.29 is 0 Å². The third kappa shape index (κ3) is 4.44. The molecule has 0 aliphatic carbocycles. The molecule has 3 unspecified atom stereocenters. The van der Waals surface area contributed by atoms with Crippen molar-refractivity contribution in [3.8, 4) is 0 Å². The van der Waals surface area contributed by atoms with Crippen molar-refractivity contribution in [2.45, 2.75) is 46.5 Å². The van der Waals surface area contributed by atoms with Gasteiger partial charge >= 0.3 is 0 Å². The van der Waals surface area contributed by atoms with Gasteiger partial charge < -0.3 is 0 Å². The molecule has 1 aromatic rings. The van der Waals surface area contributed by atoms with Gasteiger partial charge in [0.15, 0.2) is 0 Å². The van der Waals surface area contributed by atoms with Crippen LogP contribution in [0.15, 0.2) is 30.5 Å². The average molecular weight is 274 g/mol. The highest BCUT2D eigenvalue weighted by Crippen LogP contribution is 2.27. The molecule has 0 saturated heterocycles. The van der Waals surface area contributed by atoms with E-state index in [1.807, 2.05) is 12.4 Å². The van der Waals surface area contributed by atoms with E-state index in [-0.39, 0.29) is 0 Å². The molecule has 0 aliphatic heterocycles. The third-order valence-electron chi connectivity index (χ3n) is 3.75. The van der Waals surface area contributed by atoms with Crippen LogP contribution in [0.5, 0.6) is 0 Å². The Bertz CT molecular complexity index is 473. The van der Waals surface area contributed by atoms with Crippen molar-refractivity contribution in [1.82, 2.24) is 15.0 Å². The summed E-state index contributed by atoms with van der Waals surface area (Å²) < 4.78 is 1.78. The molecule has 3 atom stereocenters. The maximum absolute atomic E-state index is 4.28. The first-order valence-corrected chi connectivity index (χ1v) is 7.24. The molecule has 0 aromatic carbocycles. The molecule has 0 spiro atoms. The lowest BCUT2D eigenvalue weighted by Crippen LogP contribution is -2.11. The van der Waals surface area contributed by atoms with Crippen LogP contribution in [0, 0.1) is 11.8 Å². The number of aromatic nitrogens is 3. The van der Waals surface area contributed by atoms with Crippen LogP contribution in [-0.4, -0.2) is 21.2 Å². The van der Waals surface area contributed by atoms with Crippen LogP contribution in [0.3, 0.4) is 0 Å². The van der Waals surface area contributed by atoms with Gasteiger partial charge in [0.05, 0.1) is 11.9 Å². The molecule has 0 saturated carbocycles. The molecule has 4 heteroatoms. The van der Waals surface area contributed by atoms with E-state index >= 15 is 0 Å². The van der Waals surface area contributed by atoms with Gasteiger partial charge in [-0.25, -0.2) is 4.68 Å². The van der Waals surface area contributed by atoms with E-state index in [1.165, 1.54) is 0 Å². The number of aliphatic imine (C=N–C) groups is 1. The molecule has 0 fully saturated rings. The van der Waals surface area contributed by atoms with Gasteiger partial charge in [0.2, 0.25) is 0 Å². The molecule has 4 nitrogen and oxygen atoms in total. The van der Waals surface area contributed by atoms with Crippen molar-refractivity contribution in [2.75, 3.05) is 0 Å². The van der Waals surface area contributed by atoms with Crippen molar-refractivity contribution in [1.29, 1.82) is 0 Å². The summed E-state index contributed by atoms with van der Waals surface area (Å²) >= 11 is 0. The topological polar surface area (TPSA) is 43.1 Å².